The van der Waals surface area contributed by atoms with Crippen LogP contribution in [0, 0.1) is 11.8 Å². The number of carbonyl (C=O) groups excluding carboxylic acids is 1. The van der Waals surface area contributed by atoms with Gasteiger partial charge in [-0.05, 0) is 19.1 Å². The molecule has 1 N–H and O–H groups in total. The van der Waals surface area contributed by atoms with Gasteiger partial charge in [0.05, 0.1) is 12.2 Å². The second-order valence-corrected chi connectivity index (χ2v) is 3.39. The van der Waals surface area contributed by atoms with Gasteiger partial charge in [0.25, 0.3) is 0 Å². The molecule has 17 heavy (non-hydrogen) atoms. The zero-order chi connectivity index (χ0) is 12.1. The largest absolute Gasteiger partial charge is 0.465 e. The van der Waals surface area contributed by atoms with Crippen molar-refractivity contribution in [2.75, 3.05) is 6.61 Å². The van der Waals surface area contributed by atoms with Gasteiger partial charge < -0.3 is 9.72 Å². The highest BCUT2D eigenvalue weighted by molar-refractivity contribution is 5.83. The number of nitrogens with zero attached hydrogens (tertiary/aromatic N) is 1. The van der Waals surface area contributed by atoms with Crippen molar-refractivity contribution in [3.63, 3.8) is 0 Å². The van der Waals surface area contributed by atoms with E-state index in [1.807, 2.05) is 12.1 Å². The van der Waals surface area contributed by atoms with Crippen LogP contribution >= 0.6 is 0 Å². The van der Waals surface area contributed by atoms with Gasteiger partial charge in [0.2, 0.25) is 0 Å². The second kappa shape index (κ2) is 5.17. The zero-order valence-corrected chi connectivity index (χ0v) is 9.49. The number of pyridine rings is 1. The van der Waals surface area contributed by atoms with Crippen LogP contribution in [0.5, 0.6) is 0 Å². The molecule has 0 aliphatic carbocycles. The average Bonchev–Trinajstić information content (AvgIpc) is 2.73. The minimum Gasteiger partial charge on any atom is -0.465 e. The molecular weight excluding hydrogens is 216 g/mol. The smallest absolute Gasteiger partial charge is 0.317 e. The van der Waals surface area contributed by atoms with Crippen LogP contribution in [0.4, 0.5) is 0 Å². The Balaban J connectivity index is 2.14. The molecule has 2 aromatic heterocycles. The molecule has 0 spiro atoms. The highest BCUT2D eigenvalue weighted by atomic mass is 16.5. The number of carbonyl (C=O) groups is 1. The summed E-state index contributed by atoms with van der Waals surface area (Å²) in [5.74, 6) is 5.43. The van der Waals surface area contributed by atoms with Crippen LogP contribution in [0.15, 0.2) is 24.5 Å². The Hall–Kier alpha value is -2.28. The van der Waals surface area contributed by atoms with Crippen molar-refractivity contribution in [2.45, 2.75) is 13.3 Å². The predicted octanol–water partition coefficient (Wildman–Crippen LogP) is 1.87. The summed E-state index contributed by atoms with van der Waals surface area (Å²) in [6.45, 7) is 2.16. The van der Waals surface area contributed by atoms with E-state index in [4.69, 9.17) is 4.74 Å². The van der Waals surface area contributed by atoms with Crippen molar-refractivity contribution < 1.29 is 9.53 Å². The molecule has 2 rings (SSSR count). The summed E-state index contributed by atoms with van der Waals surface area (Å²) in [6.07, 6.45) is 3.62. The van der Waals surface area contributed by atoms with Crippen LogP contribution in [-0.2, 0) is 9.53 Å². The van der Waals surface area contributed by atoms with Crippen molar-refractivity contribution in [3.05, 3.63) is 30.1 Å². The van der Waals surface area contributed by atoms with Crippen molar-refractivity contribution in [3.8, 4) is 11.8 Å². The first kappa shape index (κ1) is 11.2. The van der Waals surface area contributed by atoms with Gasteiger partial charge in [-0.2, -0.15) is 0 Å². The van der Waals surface area contributed by atoms with Crippen molar-refractivity contribution in [1.29, 1.82) is 0 Å². The number of aromatic amines is 1. The summed E-state index contributed by atoms with van der Waals surface area (Å²) in [5.41, 5.74) is 1.64. The Bertz CT molecular complexity index is 590. The molecule has 0 aliphatic heterocycles. The molecule has 0 bridgehead atoms. The lowest BCUT2D eigenvalue weighted by molar-refractivity contribution is -0.141. The lowest BCUT2D eigenvalue weighted by atomic mass is 10.2. The average molecular weight is 228 g/mol. The van der Waals surface area contributed by atoms with Crippen LogP contribution in [-0.4, -0.2) is 22.5 Å². The number of aromatic nitrogens is 2. The molecule has 0 saturated heterocycles. The van der Waals surface area contributed by atoms with Gasteiger partial charge in [0.1, 0.15) is 12.1 Å². The second-order valence-electron chi connectivity index (χ2n) is 3.39. The van der Waals surface area contributed by atoms with Gasteiger partial charge in [0.15, 0.2) is 0 Å². The van der Waals surface area contributed by atoms with Crippen molar-refractivity contribution >= 4 is 17.0 Å². The van der Waals surface area contributed by atoms with E-state index < -0.39 is 0 Å². The molecule has 0 unspecified atom stereocenters. The summed E-state index contributed by atoms with van der Waals surface area (Å²) in [7, 11) is 0. The third kappa shape index (κ3) is 2.64. The first-order valence-corrected chi connectivity index (χ1v) is 5.38. The van der Waals surface area contributed by atoms with Gasteiger partial charge >= 0.3 is 5.97 Å². The van der Waals surface area contributed by atoms with Crippen LogP contribution in [0.2, 0.25) is 0 Å². The van der Waals surface area contributed by atoms with Gasteiger partial charge in [-0.15, -0.1) is 0 Å². The van der Waals surface area contributed by atoms with Crippen LogP contribution in [0.3, 0.4) is 0 Å². The normalized spacial score (nSPS) is 9.71. The maximum absolute atomic E-state index is 11.1. The van der Waals surface area contributed by atoms with E-state index in [2.05, 4.69) is 21.8 Å². The minimum absolute atomic E-state index is 0.112. The highest BCUT2D eigenvalue weighted by Gasteiger charge is 2.01. The molecule has 0 saturated carbocycles. The van der Waals surface area contributed by atoms with Crippen LogP contribution < -0.4 is 0 Å². The third-order valence-corrected chi connectivity index (χ3v) is 2.21. The van der Waals surface area contributed by atoms with Crippen LogP contribution in [0.25, 0.3) is 11.0 Å². The fourth-order valence-corrected chi connectivity index (χ4v) is 1.48. The number of hydrogen-bond donors (Lipinski definition) is 1. The van der Waals surface area contributed by atoms with Crippen molar-refractivity contribution in [1.82, 2.24) is 9.97 Å². The number of H-pyrrole nitrogens is 1. The summed E-state index contributed by atoms with van der Waals surface area (Å²) >= 11 is 0. The summed E-state index contributed by atoms with van der Waals surface area (Å²) in [4.78, 5) is 18.3. The predicted molar refractivity (Wildman–Crippen MR) is 64.2 cm³/mol. The number of hydrogen-bond acceptors (Lipinski definition) is 3. The molecule has 0 aliphatic rings. The first-order chi connectivity index (χ1) is 8.31. The highest BCUT2D eigenvalue weighted by Crippen LogP contribution is 2.13. The lowest BCUT2D eigenvalue weighted by Gasteiger charge is -1.94. The monoisotopic (exact) mass is 228 g/mol. The van der Waals surface area contributed by atoms with E-state index in [0.717, 1.165) is 16.6 Å². The topological polar surface area (TPSA) is 55.0 Å². The Morgan fingerprint density at radius 3 is 3.29 bits per heavy atom. The number of rotatable bonds is 2. The van der Waals surface area contributed by atoms with E-state index in [1.165, 1.54) is 0 Å². The molecule has 2 aromatic rings. The number of fused-ring (bicyclic) bond motifs is 1. The van der Waals surface area contributed by atoms with Crippen LogP contribution in [0.1, 0.15) is 18.9 Å². The molecule has 2 heterocycles. The zero-order valence-electron chi connectivity index (χ0n) is 9.49. The Labute approximate surface area is 99.0 Å². The number of nitrogens with one attached hydrogen (secondary N) is 1. The van der Waals surface area contributed by atoms with Crippen molar-refractivity contribution in [2.24, 2.45) is 0 Å². The Kier molecular flexibility index (Phi) is 3.41. The molecular formula is C13H12N2O2. The Morgan fingerprint density at radius 2 is 2.47 bits per heavy atom. The quantitative estimate of drug-likeness (QED) is 0.630. The molecule has 0 atom stereocenters. The Morgan fingerprint density at radius 1 is 1.59 bits per heavy atom. The van der Waals surface area contributed by atoms with Gasteiger partial charge in [-0.25, -0.2) is 4.98 Å². The fourth-order valence-electron chi connectivity index (χ4n) is 1.48. The number of esters is 1. The van der Waals surface area contributed by atoms with E-state index in [1.54, 1.807) is 19.3 Å². The maximum Gasteiger partial charge on any atom is 0.317 e. The molecule has 86 valence electrons. The molecule has 0 fully saturated rings. The van der Waals surface area contributed by atoms with E-state index in [-0.39, 0.29) is 12.4 Å². The van der Waals surface area contributed by atoms with E-state index in [0.29, 0.717) is 6.61 Å². The molecule has 0 aromatic carbocycles. The van der Waals surface area contributed by atoms with E-state index in [9.17, 15) is 4.79 Å². The molecule has 0 radical (unpaired) electrons. The summed E-state index contributed by atoms with van der Waals surface area (Å²) < 4.78 is 4.79. The first-order valence-electron chi connectivity index (χ1n) is 5.38. The SMILES string of the molecule is CCOC(=O)CC#Cc1c[nH]c2ncccc12. The standard InChI is InChI=1S/C13H12N2O2/c1-2-17-12(16)7-3-5-10-9-15-13-11(10)6-4-8-14-13/h4,6,8-9H,2,7H2,1H3,(H,14,15). The minimum atomic E-state index is -0.294. The summed E-state index contributed by atoms with van der Waals surface area (Å²) in [5, 5.41) is 0.962. The third-order valence-electron chi connectivity index (χ3n) is 2.21. The summed E-state index contributed by atoms with van der Waals surface area (Å²) in [6, 6.07) is 3.79. The molecule has 4 nitrogen and oxygen atoms in total. The van der Waals surface area contributed by atoms with Gasteiger partial charge in [0, 0.05) is 17.8 Å². The molecule has 0 amide bonds. The molecule has 4 heteroatoms. The fraction of sp³-hybridized carbons (Fsp3) is 0.231. The maximum atomic E-state index is 11.1. The van der Waals surface area contributed by atoms with E-state index >= 15 is 0 Å². The number of ether oxygens (including phenoxy) is 1. The lowest BCUT2D eigenvalue weighted by Crippen LogP contribution is -2.01. The van der Waals surface area contributed by atoms with Gasteiger partial charge in [-0.1, -0.05) is 11.8 Å². The van der Waals surface area contributed by atoms with Gasteiger partial charge in [-0.3, -0.25) is 4.79 Å².